The van der Waals surface area contributed by atoms with Gasteiger partial charge in [-0.05, 0) is 39.2 Å². The van der Waals surface area contributed by atoms with Crippen molar-refractivity contribution in [3.63, 3.8) is 0 Å². The standard InChI is InChI=1S/C15H26N2O2/c1-13(18)11-14-7-3-2-4-10-17(14)12-15(19)16-8-5-6-9-16/h14H,2-12H2,1H3. The van der Waals surface area contributed by atoms with Crippen molar-refractivity contribution in [1.82, 2.24) is 9.80 Å². The van der Waals surface area contributed by atoms with Crippen LogP contribution in [0.25, 0.3) is 0 Å². The maximum atomic E-state index is 12.3. The largest absolute Gasteiger partial charge is 0.342 e. The van der Waals surface area contributed by atoms with E-state index in [0.717, 1.165) is 45.3 Å². The van der Waals surface area contributed by atoms with Crippen LogP contribution in [-0.2, 0) is 9.59 Å². The van der Waals surface area contributed by atoms with Gasteiger partial charge in [-0.25, -0.2) is 0 Å². The Morgan fingerprint density at radius 3 is 2.37 bits per heavy atom. The number of nitrogens with zero attached hydrogens (tertiary/aromatic N) is 2. The summed E-state index contributed by atoms with van der Waals surface area (Å²) < 4.78 is 0. The Balaban J connectivity index is 1.92. The molecule has 0 spiro atoms. The maximum absolute atomic E-state index is 12.3. The van der Waals surface area contributed by atoms with Crippen LogP contribution in [0.5, 0.6) is 0 Å². The van der Waals surface area contributed by atoms with Crippen molar-refractivity contribution < 1.29 is 9.59 Å². The van der Waals surface area contributed by atoms with Crippen molar-refractivity contribution >= 4 is 11.7 Å². The summed E-state index contributed by atoms with van der Waals surface area (Å²) in [6, 6.07) is 0.284. The van der Waals surface area contributed by atoms with Crippen LogP contribution in [-0.4, -0.2) is 53.7 Å². The lowest BCUT2D eigenvalue weighted by Gasteiger charge is -2.30. The summed E-state index contributed by atoms with van der Waals surface area (Å²) in [6.45, 7) is 4.98. The Morgan fingerprint density at radius 1 is 1.00 bits per heavy atom. The second kappa shape index (κ2) is 7.04. The average molecular weight is 266 g/mol. The number of carbonyl (C=O) groups is 2. The zero-order valence-electron chi connectivity index (χ0n) is 12.1. The van der Waals surface area contributed by atoms with E-state index in [9.17, 15) is 9.59 Å². The first-order valence-corrected chi connectivity index (χ1v) is 7.68. The summed E-state index contributed by atoms with van der Waals surface area (Å²) in [5, 5.41) is 0. The van der Waals surface area contributed by atoms with Crippen molar-refractivity contribution in [3.8, 4) is 0 Å². The predicted octanol–water partition coefficient (Wildman–Crippen LogP) is 1.83. The third-order valence-electron chi connectivity index (χ3n) is 4.32. The lowest BCUT2D eigenvalue weighted by molar-refractivity contribution is -0.132. The normalized spacial score (nSPS) is 25.3. The van der Waals surface area contributed by atoms with E-state index in [4.69, 9.17) is 0 Å². The van der Waals surface area contributed by atoms with Crippen molar-refractivity contribution in [2.24, 2.45) is 0 Å². The zero-order valence-corrected chi connectivity index (χ0v) is 12.1. The quantitative estimate of drug-likeness (QED) is 0.779. The van der Waals surface area contributed by atoms with Gasteiger partial charge in [-0.2, -0.15) is 0 Å². The highest BCUT2D eigenvalue weighted by molar-refractivity contribution is 5.79. The first-order valence-electron chi connectivity index (χ1n) is 7.68. The molecule has 2 heterocycles. The van der Waals surface area contributed by atoms with Crippen LogP contribution in [0.1, 0.15) is 51.9 Å². The van der Waals surface area contributed by atoms with Gasteiger partial charge in [0, 0.05) is 25.6 Å². The highest BCUT2D eigenvalue weighted by Crippen LogP contribution is 2.20. The zero-order chi connectivity index (χ0) is 13.7. The van der Waals surface area contributed by atoms with Gasteiger partial charge in [0.25, 0.3) is 0 Å². The number of hydrogen-bond donors (Lipinski definition) is 0. The molecule has 2 aliphatic heterocycles. The summed E-state index contributed by atoms with van der Waals surface area (Å²) in [5.41, 5.74) is 0. The molecule has 19 heavy (non-hydrogen) atoms. The molecule has 0 aliphatic carbocycles. The fraction of sp³-hybridized carbons (Fsp3) is 0.867. The summed E-state index contributed by atoms with van der Waals surface area (Å²) in [4.78, 5) is 27.9. The van der Waals surface area contributed by atoms with Crippen molar-refractivity contribution in [3.05, 3.63) is 0 Å². The molecule has 1 amide bonds. The molecule has 2 saturated heterocycles. The minimum absolute atomic E-state index is 0.241. The molecule has 0 saturated carbocycles. The first kappa shape index (κ1) is 14.5. The summed E-state index contributed by atoms with van der Waals surface area (Å²) in [6.07, 6.45) is 7.52. The Hall–Kier alpha value is -0.900. The topological polar surface area (TPSA) is 40.6 Å². The average Bonchev–Trinajstić information content (AvgIpc) is 2.81. The van der Waals surface area contributed by atoms with E-state index in [1.54, 1.807) is 6.92 Å². The molecule has 0 aromatic rings. The first-order chi connectivity index (χ1) is 9.16. The van der Waals surface area contributed by atoms with Gasteiger partial charge in [0.05, 0.1) is 6.54 Å². The Morgan fingerprint density at radius 2 is 1.68 bits per heavy atom. The lowest BCUT2D eigenvalue weighted by Crippen LogP contribution is -2.44. The van der Waals surface area contributed by atoms with Crippen LogP contribution in [0, 0.1) is 0 Å². The van der Waals surface area contributed by atoms with Crippen LogP contribution in [0.4, 0.5) is 0 Å². The van der Waals surface area contributed by atoms with E-state index in [1.807, 2.05) is 4.90 Å². The van der Waals surface area contributed by atoms with Gasteiger partial charge in [-0.15, -0.1) is 0 Å². The molecule has 0 bridgehead atoms. The number of likely N-dealkylation sites (tertiary alicyclic amines) is 2. The van der Waals surface area contributed by atoms with E-state index in [0.29, 0.717) is 13.0 Å². The molecule has 2 fully saturated rings. The Labute approximate surface area is 116 Å². The monoisotopic (exact) mass is 266 g/mol. The molecule has 108 valence electrons. The number of rotatable bonds is 4. The highest BCUT2D eigenvalue weighted by Gasteiger charge is 2.26. The van der Waals surface area contributed by atoms with Crippen LogP contribution in [0.3, 0.4) is 0 Å². The van der Waals surface area contributed by atoms with E-state index in [2.05, 4.69) is 4.90 Å². The number of hydrogen-bond acceptors (Lipinski definition) is 3. The van der Waals surface area contributed by atoms with E-state index in [-0.39, 0.29) is 17.7 Å². The van der Waals surface area contributed by atoms with E-state index >= 15 is 0 Å². The van der Waals surface area contributed by atoms with Gasteiger partial charge in [0.2, 0.25) is 5.91 Å². The van der Waals surface area contributed by atoms with Gasteiger partial charge in [-0.3, -0.25) is 14.5 Å². The molecule has 2 aliphatic rings. The molecule has 2 rings (SSSR count). The summed E-state index contributed by atoms with van der Waals surface area (Å²) in [5.74, 6) is 0.499. The van der Waals surface area contributed by atoms with Crippen LogP contribution < -0.4 is 0 Å². The minimum atomic E-state index is 0.241. The summed E-state index contributed by atoms with van der Waals surface area (Å²) in [7, 11) is 0. The van der Waals surface area contributed by atoms with Gasteiger partial charge < -0.3 is 4.90 Å². The molecule has 4 heteroatoms. The molecule has 1 unspecified atom stereocenters. The SMILES string of the molecule is CC(=O)CC1CCCCCN1CC(=O)N1CCCC1. The van der Waals surface area contributed by atoms with Crippen LogP contribution >= 0.6 is 0 Å². The number of carbonyl (C=O) groups excluding carboxylic acids is 2. The van der Waals surface area contributed by atoms with Gasteiger partial charge in [-0.1, -0.05) is 12.8 Å². The molecular weight excluding hydrogens is 240 g/mol. The summed E-state index contributed by atoms with van der Waals surface area (Å²) >= 11 is 0. The molecule has 0 N–H and O–H groups in total. The van der Waals surface area contributed by atoms with Crippen LogP contribution in [0.15, 0.2) is 0 Å². The third-order valence-corrected chi connectivity index (χ3v) is 4.32. The fourth-order valence-corrected chi connectivity index (χ4v) is 3.25. The smallest absolute Gasteiger partial charge is 0.236 e. The lowest BCUT2D eigenvalue weighted by atomic mass is 10.0. The highest BCUT2D eigenvalue weighted by atomic mass is 16.2. The number of Topliss-reactive ketones (excluding diaryl/α,β-unsaturated/α-hetero) is 1. The molecular formula is C15H26N2O2. The van der Waals surface area contributed by atoms with E-state index in [1.165, 1.54) is 12.8 Å². The second-order valence-corrected chi connectivity index (χ2v) is 5.97. The number of ketones is 1. The second-order valence-electron chi connectivity index (χ2n) is 5.97. The Bertz CT molecular complexity index is 324. The van der Waals surface area contributed by atoms with Gasteiger partial charge in [0.1, 0.15) is 5.78 Å². The Kier molecular flexibility index (Phi) is 5.37. The van der Waals surface area contributed by atoms with Gasteiger partial charge >= 0.3 is 0 Å². The number of amides is 1. The molecule has 1 atom stereocenters. The molecule has 4 nitrogen and oxygen atoms in total. The van der Waals surface area contributed by atoms with E-state index < -0.39 is 0 Å². The molecule has 0 aromatic heterocycles. The minimum Gasteiger partial charge on any atom is -0.342 e. The third kappa shape index (κ3) is 4.30. The van der Waals surface area contributed by atoms with Crippen LogP contribution in [0.2, 0.25) is 0 Å². The fourth-order valence-electron chi connectivity index (χ4n) is 3.25. The molecule has 0 radical (unpaired) electrons. The van der Waals surface area contributed by atoms with Crippen molar-refractivity contribution in [2.45, 2.75) is 57.9 Å². The maximum Gasteiger partial charge on any atom is 0.236 e. The molecule has 0 aromatic carbocycles. The van der Waals surface area contributed by atoms with Gasteiger partial charge in [0.15, 0.2) is 0 Å². The van der Waals surface area contributed by atoms with Crippen molar-refractivity contribution in [2.75, 3.05) is 26.2 Å². The van der Waals surface area contributed by atoms with Crippen molar-refractivity contribution in [1.29, 1.82) is 0 Å². The predicted molar refractivity (Wildman–Crippen MR) is 74.9 cm³/mol.